The van der Waals surface area contributed by atoms with Gasteiger partial charge in [0.15, 0.2) is 5.78 Å². The lowest BCUT2D eigenvalue weighted by Crippen LogP contribution is -2.38. The fraction of sp³-hybridized carbons (Fsp3) is 0.467. The molecule has 0 aliphatic carbocycles. The van der Waals surface area contributed by atoms with Crippen molar-refractivity contribution in [2.45, 2.75) is 26.3 Å². The monoisotopic (exact) mass is 289 g/mol. The number of piperidine rings is 1. The van der Waals surface area contributed by atoms with E-state index in [1.807, 2.05) is 24.4 Å². The summed E-state index contributed by atoms with van der Waals surface area (Å²) in [6, 6.07) is 4.03. The van der Waals surface area contributed by atoms with Gasteiger partial charge in [0.05, 0.1) is 4.88 Å². The zero-order valence-corrected chi connectivity index (χ0v) is 12.4. The highest BCUT2D eigenvalue weighted by atomic mass is 32.1. The van der Waals surface area contributed by atoms with Crippen LogP contribution in [0.5, 0.6) is 0 Å². The third kappa shape index (κ3) is 2.83. The first-order valence-electron chi connectivity index (χ1n) is 7.03. The second kappa shape index (κ2) is 5.89. The molecule has 1 N–H and O–H groups in total. The molecule has 3 rings (SSSR count). The molecule has 1 saturated heterocycles. The predicted octanol–water partition coefficient (Wildman–Crippen LogP) is 2.87. The lowest BCUT2D eigenvalue weighted by atomic mass is 9.92. The number of ketones is 1. The molecular formula is C15H19N3OS. The Morgan fingerprint density at radius 1 is 1.55 bits per heavy atom. The second-order valence-corrected chi connectivity index (χ2v) is 6.37. The Bertz CT molecular complexity index is 576. The minimum atomic E-state index is 0.143. The van der Waals surface area contributed by atoms with Gasteiger partial charge in [-0.1, -0.05) is 0 Å². The average molecular weight is 289 g/mol. The van der Waals surface area contributed by atoms with E-state index in [1.165, 1.54) is 0 Å². The summed E-state index contributed by atoms with van der Waals surface area (Å²) in [6.45, 7) is 4.80. The first kappa shape index (κ1) is 13.5. The summed E-state index contributed by atoms with van der Waals surface area (Å²) >= 11 is 1.57. The molecule has 0 bridgehead atoms. The predicted molar refractivity (Wildman–Crippen MR) is 80.0 cm³/mol. The highest BCUT2D eigenvalue weighted by Gasteiger charge is 2.28. The number of hydrogen-bond acceptors (Lipinski definition) is 4. The zero-order chi connectivity index (χ0) is 13.9. The maximum Gasteiger partial charge on any atom is 0.177 e. The molecule has 0 amide bonds. The van der Waals surface area contributed by atoms with Crippen LogP contribution < -0.4 is 0 Å². The number of Topliss-reactive ketones (excluding diaryl/α,β-unsaturated/α-hetero) is 1. The highest BCUT2D eigenvalue weighted by molar-refractivity contribution is 7.12. The van der Waals surface area contributed by atoms with E-state index < -0.39 is 0 Å². The number of carbonyl (C=O) groups excluding carboxylic acids is 1. The number of aromatic nitrogens is 2. The van der Waals surface area contributed by atoms with Crippen LogP contribution >= 0.6 is 11.3 Å². The Hall–Kier alpha value is -1.46. The molecule has 0 saturated carbocycles. The van der Waals surface area contributed by atoms with Crippen molar-refractivity contribution in [3.05, 3.63) is 39.8 Å². The van der Waals surface area contributed by atoms with Crippen LogP contribution in [0.25, 0.3) is 0 Å². The molecule has 5 heteroatoms. The van der Waals surface area contributed by atoms with Gasteiger partial charge in [0.2, 0.25) is 0 Å². The van der Waals surface area contributed by atoms with Crippen LogP contribution in [0.4, 0.5) is 0 Å². The minimum Gasteiger partial charge on any atom is -0.297 e. The molecule has 1 aliphatic rings. The second-order valence-electron chi connectivity index (χ2n) is 5.45. The molecule has 20 heavy (non-hydrogen) atoms. The van der Waals surface area contributed by atoms with Crippen LogP contribution in [0.3, 0.4) is 0 Å². The van der Waals surface area contributed by atoms with Gasteiger partial charge in [0.1, 0.15) is 0 Å². The van der Waals surface area contributed by atoms with Crippen molar-refractivity contribution in [2.75, 3.05) is 13.1 Å². The maximum atomic E-state index is 12.6. The van der Waals surface area contributed by atoms with E-state index in [2.05, 4.69) is 15.1 Å². The van der Waals surface area contributed by atoms with Crippen molar-refractivity contribution in [2.24, 2.45) is 5.92 Å². The summed E-state index contributed by atoms with van der Waals surface area (Å²) in [6.07, 6.45) is 3.88. The van der Waals surface area contributed by atoms with Gasteiger partial charge in [0.25, 0.3) is 0 Å². The van der Waals surface area contributed by atoms with Crippen LogP contribution in [-0.4, -0.2) is 34.0 Å². The molecule has 1 aliphatic heterocycles. The highest BCUT2D eigenvalue weighted by Crippen LogP contribution is 2.26. The van der Waals surface area contributed by atoms with Crippen molar-refractivity contribution in [3.8, 4) is 0 Å². The summed E-state index contributed by atoms with van der Waals surface area (Å²) < 4.78 is 0. The Morgan fingerprint density at radius 3 is 3.15 bits per heavy atom. The number of likely N-dealkylation sites (tertiary alicyclic amines) is 1. The molecule has 3 heterocycles. The van der Waals surface area contributed by atoms with E-state index in [0.29, 0.717) is 5.78 Å². The normalized spacial score (nSPS) is 20.1. The van der Waals surface area contributed by atoms with Crippen LogP contribution in [-0.2, 0) is 6.54 Å². The lowest BCUT2D eigenvalue weighted by molar-refractivity contribution is 0.0814. The quantitative estimate of drug-likeness (QED) is 0.881. The third-order valence-electron chi connectivity index (χ3n) is 3.91. The molecule has 0 radical (unpaired) electrons. The van der Waals surface area contributed by atoms with Crippen molar-refractivity contribution in [1.82, 2.24) is 15.1 Å². The van der Waals surface area contributed by atoms with Crippen molar-refractivity contribution >= 4 is 17.1 Å². The zero-order valence-electron chi connectivity index (χ0n) is 11.6. The van der Waals surface area contributed by atoms with Gasteiger partial charge in [0, 0.05) is 30.9 Å². The molecule has 1 fully saturated rings. The van der Waals surface area contributed by atoms with E-state index >= 15 is 0 Å². The van der Waals surface area contributed by atoms with Crippen LogP contribution in [0, 0.1) is 12.8 Å². The van der Waals surface area contributed by atoms with E-state index in [1.54, 1.807) is 17.5 Å². The number of hydrogen-bond donors (Lipinski definition) is 1. The molecular weight excluding hydrogens is 270 g/mol. The van der Waals surface area contributed by atoms with Gasteiger partial charge >= 0.3 is 0 Å². The maximum absolute atomic E-state index is 12.6. The fourth-order valence-electron chi connectivity index (χ4n) is 2.84. The number of nitrogens with zero attached hydrogens (tertiary/aromatic N) is 2. The van der Waals surface area contributed by atoms with Gasteiger partial charge in [-0.3, -0.25) is 14.8 Å². The fourth-order valence-corrected chi connectivity index (χ4v) is 3.78. The van der Waals surface area contributed by atoms with Gasteiger partial charge < -0.3 is 0 Å². The van der Waals surface area contributed by atoms with Crippen LogP contribution in [0.15, 0.2) is 23.7 Å². The van der Waals surface area contributed by atoms with E-state index in [-0.39, 0.29) is 5.92 Å². The molecule has 4 nitrogen and oxygen atoms in total. The van der Waals surface area contributed by atoms with E-state index in [9.17, 15) is 4.79 Å². The number of H-pyrrole nitrogens is 1. The van der Waals surface area contributed by atoms with Crippen molar-refractivity contribution in [1.29, 1.82) is 0 Å². The number of nitrogens with one attached hydrogen (secondary N) is 1. The Kier molecular flexibility index (Phi) is 3.98. The van der Waals surface area contributed by atoms with Crippen molar-refractivity contribution in [3.63, 3.8) is 0 Å². The average Bonchev–Trinajstić information content (AvgIpc) is 3.10. The van der Waals surface area contributed by atoms with Crippen LogP contribution in [0.1, 0.15) is 33.8 Å². The number of thiophene rings is 1. The number of aryl methyl sites for hydroxylation is 1. The Labute approximate surface area is 122 Å². The largest absolute Gasteiger partial charge is 0.297 e. The molecule has 0 aromatic carbocycles. The molecule has 2 aromatic heterocycles. The molecule has 2 aromatic rings. The van der Waals surface area contributed by atoms with E-state index in [0.717, 1.165) is 48.6 Å². The standard InChI is InChI=1S/C15H19N3OS/c1-11-5-8-20-15(11)14(19)12-3-2-7-18(9-12)10-13-4-6-16-17-13/h4-6,8,12H,2-3,7,9-10H2,1H3,(H,16,17). The van der Waals surface area contributed by atoms with Crippen molar-refractivity contribution < 1.29 is 4.79 Å². The summed E-state index contributed by atoms with van der Waals surface area (Å²) in [5.74, 6) is 0.468. The SMILES string of the molecule is Cc1ccsc1C(=O)C1CCCN(Cc2ccn[nH]2)C1. The summed E-state index contributed by atoms with van der Waals surface area (Å²) in [7, 11) is 0. The molecule has 106 valence electrons. The topological polar surface area (TPSA) is 49.0 Å². The summed E-state index contributed by atoms with van der Waals surface area (Å²) in [5.41, 5.74) is 2.23. The van der Waals surface area contributed by atoms with Gasteiger partial charge in [-0.05, 0) is 49.4 Å². The first-order valence-corrected chi connectivity index (χ1v) is 7.91. The first-order chi connectivity index (χ1) is 9.74. The van der Waals surface area contributed by atoms with Gasteiger partial charge in [-0.25, -0.2) is 0 Å². The molecule has 1 unspecified atom stereocenters. The summed E-state index contributed by atoms with van der Waals surface area (Å²) in [5, 5.41) is 8.98. The number of aromatic amines is 1. The minimum absolute atomic E-state index is 0.143. The Morgan fingerprint density at radius 2 is 2.45 bits per heavy atom. The third-order valence-corrected chi connectivity index (χ3v) is 4.95. The number of carbonyl (C=O) groups is 1. The molecule has 1 atom stereocenters. The summed E-state index contributed by atoms with van der Waals surface area (Å²) in [4.78, 5) is 15.9. The van der Waals surface area contributed by atoms with Gasteiger partial charge in [-0.15, -0.1) is 11.3 Å². The van der Waals surface area contributed by atoms with Gasteiger partial charge in [-0.2, -0.15) is 5.10 Å². The number of rotatable bonds is 4. The van der Waals surface area contributed by atoms with Crippen LogP contribution in [0.2, 0.25) is 0 Å². The van der Waals surface area contributed by atoms with E-state index in [4.69, 9.17) is 0 Å². The smallest absolute Gasteiger partial charge is 0.177 e. The molecule has 0 spiro atoms. The Balaban J connectivity index is 1.66. The lowest BCUT2D eigenvalue weighted by Gasteiger charge is -2.31.